The Labute approximate surface area is 138 Å². The Morgan fingerprint density at radius 3 is 1.96 bits per heavy atom. The smallest absolute Gasteiger partial charge is 0.253 e. The summed E-state index contributed by atoms with van der Waals surface area (Å²) in [4.78, 5) is 29.8. The highest BCUT2D eigenvalue weighted by molar-refractivity contribution is 5.94. The molecule has 0 bridgehead atoms. The molecule has 1 aliphatic rings. The molecule has 1 aromatic rings. The van der Waals surface area contributed by atoms with Gasteiger partial charge in [-0.25, -0.2) is 0 Å². The molecule has 0 spiro atoms. The monoisotopic (exact) mass is 317 g/mol. The fourth-order valence-electron chi connectivity index (χ4n) is 2.87. The van der Waals surface area contributed by atoms with E-state index in [1.54, 1.807) is 11.8 Å². The van der Waals surface area contributed by atoms with Crippen LogP contribution in [0.1, 0.15) is 36.7 Å². The van der Waals surface area contributed by atoms with Gasteiger partial charge in [0.15, 0.2) is 0 Å². The molecule has 0 atom stereocenters. The second-order valence-electron chi connectivity index (χ2n) is 5.96. The molecule has 0 aromatic heterocycles. The highest BCUT2D eigenvalue weighted by Crippen LogP contribution is 2.12. The molecule has 0 unspecified atom stereocenters. The maximum Gasteiger partial charge on any atom is 0.253 e. The first-order valence-corrected chi connectivity index (χ1v) is 8.41. The van der Waals surface area contributed by atoms with E-state index < -0.39 is 0 Å². The van der Waals surface area contributed by atoms with Gasteiger partial charge in [-0.3, -0.25) is 14.5 Å². The zero-order valence-corrected chi connectivity index (χ0v) is 14.4. The third-order valence-electron chi connectivity index (χ3n) is 4.51. The zero-order chi connectivity index (χ0) is 16.8. The van der Waals surface area contributed by atoms with Crippen molar-refractivity contribution in [1.82, 2.24) is 14.7 Å². The van der Waals surface area contributed by atoms with Gasteiger partial charge in [0.1, 0.15) is 0 Å². The summed E-state index contributed by atoms with van der Waals surface area (Å²) in [5, 5.41) is 0. The Morgan fingerprint density at radius 2 is 1.48 bits per heavy atom. The second-order valence-corrected chi connectivity index (χ2v) is 5.96. The molecule has 1 saturated heterocycles. The first-order chi connectivity index (χ1) is 11.0. The predicted molar refractivity (Wildman–Crippen MR) is 91.2 cm³/mol. The zero-order valence-electron chi connectivity index (χ0n) is 14.4. The number of rotatable bonds is 5. The van der Waals surface area contributed by atoms with E-state index in [0.29, 0.717) is 26.2 Å². The molecule has 2 rings (SSSR count). The van der Waals surface area contributed by atoms with Crippen LogP contribution < -0.4 is 0 Å². The minimum atomic E-state index is 0.0580. The lowest BCUT2D eigenvalue weighted by Gasteiger charge is -2.34. The highest BCUT2D eigenvalue weighted by atomic mass is 16.2. The van der Waals surface area contributed by atoms with Crippen LogP contribution in [-0.2, 0) is 11.3 Å². The molecule has 5 nitrogen and oxygen atoms in total. The van der Waals surface area contributed by atoms with Gasteiger partial charge in [0.05, 0.1) is 0 Å². The summed E-state index contributed by atoms with van der Waals surface area (Å²) in [7, 11) is 0. The number of carbonyl (C=O) groups is 2. The van der Waals surface area contributed by atoms with Crippen molar-refractivity contribution in [2.24, 2.45) is 0 Å². The Balaban J connectivity index is 1.94. The van der Waals surface area contributed by atoms with Crippen molar-refractivity contribution < 1.29 is 9.59 Å². The summed E-state index contributed by atoms with van der Waals surface area (Å²) in [6.45, 7) is 11.3. The van der Waals surface area contributed by atoms with Gasteiger partial charge in [-0.15, -0.1) is 0 Å². The molecule has 1 fully saturated rings. The number of piperazine rings is 1. The number of benzene rings is 1. The maximum absolute atomic E-state index is 12.5. The number of hydrogen-bond donors (Lipinski definition) is 0. The Kier molecular flexibility index (Phi) is 6.16. The second kappa shape index (κ2) is 8.11. The minimum absolute atomic E-state index is 0.0580. The van der Waals surface area contributed by atoms with Crippen LogP contribution in [0, 0.1) is 0 Å². The van der Waals surface area contributed by atoms with Gasteiger partial charge < -0.3 is 9.80 Å². The lowest BCUT2D eigenvalue weighted by molar-refractivity contribution is -0.130. The van der Waals surface area contributed by atoms with E-state index in [1.165, 1.54) is 5.56 Å². The number of nitrogens with zero attached hydrogens (tertiary/aromatic N) is 3. The lowest BCUT2D eigenvalue weighted by atomic mass is 10.1. The molecule has 0 radical (unpaired) electrons. The average molecular weight is 317 g/mol. The Morgan fingerprint density at radius 1 is 0.957 bits per heavy atom. The molecule has 0 saturated carbocycles. The lowest BCUT2D eigenvalue weighted by Crippen LogP contribution is -2.50. The van der Waals surface area contributed by atoms with Gasteiger partial charge in [0, 0.05) is 45.2 Å². The summed E-state index contributed by atoms with van der Waals surface area (Å²) in [6.07, 6.45) is 0. The van der Waals surface area contributed by atoms with Gasteiger partial charge in [-0.05, 0) is 30.8 Å². The predicted octanol–water partition coefficient (Wildman–Crippen LogP) is 1.83. The molecule has 126 valence electrons. The molecule has 1 aliphatic heterocycles. The van der Waals surface area contributed by atoms with E-state index >= 15 is 0 Å². The van der Waals surface area contributed by atoms with Gasteiger partial charge in [-0.2, -0.15) is 0 Å². The third-order valence-corrected chi connectivity index (χ3v) is 4.51. The van der Waals surface area contributed by atoms with Crippen LogP contribution in [0.15, 0.2) is 24.3 Å². The fraction of sp³-hybridized carbons (Fsp3) is 0.556. The van der Waals surface area contributed by atoms with Crippen LogP contribution in [-0.4, -0.2) is 65.8 Å². The standard InChI is InChI=1S/C18H27N3O2/c1-4-19(5-2)14-16-6-8-17(9-7-16)18(23)21-12-10-20(11-13-21)15(3)22/h6-9H,4-5,10-14H2,1-3H3. The van der Waals surface area contributed by atoms with E-state index in [1.807, 2.05) is 29.2 Å². The summed E-state index contributed by atoms with van der Waals surface area (Å²) in [5.74, 6) is 0.139. The third kappa shape index (κ3) is 4.55. The summed E-state index contributed by atoms with van der Waals surface area (Å²) < 4.78 is 0. The van der Waals surface area contributed by atoms with Crippen LogP contribution in [0.4, 0.5) is 0 Å². The fourth-order valence-corrected chi connectivity index (χ4v) is 2.87. The van der Waals surface area contributed by atoms with Crippen molar-refractivity contribution >= 4 is 11.8 Å². The number of hydrogen-bond acceptors (Lipinski definition) is 3. The number of amides is 2. The topological polar surface area (TPSA) is 43.9 Å². The van der Waals surface area contributed by atoms with Crippen molar-refractivity contribution in [3.8, 4) is 0 Å². The van der Waals surface area contributed by atoms with Crippen LogP contribution in [0.5, 0.6) is 0 Å². The minimum Gasteiger partial charge on any atom is -0.339 e. The van der Waals surface area contributed by atoms with Crippen LogP contribution in [0.3, 0.4) is 0 Å². The molecule has 5 heteroatoms. The average Bonchev–Trinajstić information content (AvgIpc) is 2.59. The molecule has 2 amide bonds. The van der Waals surface area contributed by atoms with Gasteiger partial charge in [0.25, 0.3) is 5.91 Å². The SMILES string of the molecule is CCN(CC)Cc1ccc(C(=O)N2CCN(C(C)=O)CC2)cc1. The van der Waals surface area contributed by atoms with Gasteiger partial charge in [-0.1, -0.05) is 26.0 Å². The van der Waals surface area contributed by atoms with Gasteiger partial charge >= 0.3 is 0 Å². The normalized spacial score (nSPS) is 15.1. The van der Waals surface area contributed by atoms with Crippen molar-refractivity contribution in [2.75, 3.05) is 39.3 Å². The largest absolute Gasteiger partial charge is 0.339 e. The van der Waals surface area contributed by atoms with Crippen LogP contribution in [0.25, 0.3) is 0 Å². The Bertz CT molecular complexity index is 530. The molecule has 1 heterocycles. The van der Waals surface area contributed by atoms with E-state index in [2.05, 4.69) is 18.7 Å². The Hall–Kier alpha value is -1.88. The van der Waals surface area contributed by atoms with Crippen molar-refractivity contribution in [1.29, 1.82) is 0 Å². The molecule has 0 N–H and O–H groups in total. The van der Waals surface area contributed by atoms with E-state index in [4.69, 9.17) is 0 Å². The van der Waals surface area contributed by atoms with Gasteiger partial charge in [0.2, 0.25) is 5.91 Å². The van der Waals surface area contributed by atoms with Crippen LogP contribution in [0.2, 0.25) is 0 Å². The molecule has 23 heavy (non-hydrogen) atoms. The van der Waals surface area contributed by atoms with Crippen LogP contribution >= 0.6 is 0 Å². The number of carbonyl (C=O) groups excluding carboxylic acids is 2. The highest BCUT2D eigenvalue weighted by Gasteiger charge is 2.23. The van der Waals surface area contributed by atoms with Crippen molar-refractivity contribution in [3.05, 3.63) is 35.4 Å². The van der Waals surface area contributed by atoms with Crippen molar-refractivity contribution in [2.45, 2.75) is 27.3 Å². The van der Waals surface area contributed by atoms with Crippen molar-refractivity contribution in [3.63, 3.8) is 0 Å². The first-order valence-electron chi connectivity index (χ1n) is 8.41. The van der Waals surface area contributed by atoms with E-state index in [0.717, 1.165) is 25.2 Å². The molecule has 1 aromatic carbocycles. The quantitative estimate of drug-likeness (QED) is 0.832. The summed E-state index contributed by atoms with van der Waals surface area (Å²) in [5.41, 5.74) is 1.95. The molecular weight excluding hydrogens is 290 g/mol. The molecular formula is C18H27N3O2. The molecule has 0 aliphatic carbocycles. The maximum atomic E-state index is 12.5. The van der Waals surface area contributed by atoms with E-state index in [-0.39, 0.29) is 11.8 Å². The first kappa shape index (κ1) is 17.5. The van der Waals surface area contributed by atoms with E-state index in [9.17, 15) is 9.59 Å². The summed E-state index contributed by atoms with van der Waals surface area (Å²) in [6, 6.07) is 7.91. The summed E-state index contributed by atoms with van der Waals surface area (Å²) >= 11 is 0.